The van der Waals surface area contributed by atoms with Gasteiger partial charge in [0.15, 0.2) is 0 Å². The summed E-state index contributed by atoms with van der Waals surface area (Å²) in [6.45, 7) is 1.97. The Labute approximate surface area is 108 Å². The zero-order chi connectivity index (χ0) is 14.5. The molecular formula is C12H15F3N2O2. The van der Waals surface area contributed by atoms with Gasteiger partial charge in [0, 0.05) is 18.8 Å². The largest absolute Gasteiger partial charge is 0.416 e. The number of benzene rings is 1. The van der Waals surface area contributed by atoms with E-state index in [4.69, 9.17) is 5.11 Å². The molecule has 0 aliphatic heterocycles. The van der Waals surface area contributed by atoms with E-state index in [1.165, 1.54) is 12.1 Å². The first-order valence-corrected chi connectivity index (χ1v) is 5.66. The molecule has 4 nitrogen and oxygen atoms in total. The maximum absolute atomic E-state index is 12.3. The summed E-state index contributed by atoms with van der Waals surface area (Å²) < 4.78 is 36.9. The molecule has 1 atom stereocenters. The molecular weight excluding hydrogens is 261 g/mol. The van der Waals surface area contributed by atoms with E-state index < -0.39 is 17.8 Å². The van der Waals surface area contributed by atoms with E-state index in [0.29, 0.717) is 0 Å². The Balaban J connectivity index is 2.51. The minimum absolute atomic E-state index is 0.0550. The van der Waals surface area contributed by atoms with E-state index in [1.54, 1.807) is 6.92 Å². The molecule has 2 amide bonds. The van der Waals surface area contributed by atoms with Crippen molar-refractivity contribution in [2.75, 3.05) is 18.5 Å². The average Bonchev–Trinajstić information content (AvgIpc) is 2.35. The predicted molar refractivity (Wildman–Crippen MR) is 64.7 cm³/mol. The fraction of sp³-hybridized carbons (Fsp3) is 0.417. The second-order valence-corrected chi connectivity index (χ2v) is 4.20. The van der Waals surface area contributed by atoms with E-state index in [2.05, 4.69) is 10.6 Å². The Kier molecular flexibility index (Phi) is 5.17. The van der Waals surface area contributed by atoms with Gasteiger partial charge in [0.1, 0.15) is 0 Å². The molecule has 0 spiro atoms. The van der Waals surface area contributed by atoms with Crippen LogP contribution in [0, 0.1) is 5.92 Å². The summed E-state index contributed by atoms with van der Waals surface area (Å²) in [6, 6.07) is 3.62. The van der Waals surface area contributed by atoms with Crippen LogP contribution in [0.25, 0.3) is 0 Å². The van der Waals surface area contributed by atoms with Crippen LogP contribution in [-0.2, 0) is 6.18 Å². The number of amides is 2. The highest BCUT2D eigenvalue weighted by atomic mass is 19.4. The first-order chi connectivity index (χ1) is 8.82. The van der Waals surface area contributed by atoms with Crippen molar-refractivity contribution in [3.63, 3.8) is 0 Å². The van der Waals surface area contributed by atoms with Crippen LogP contribution in [0.1, 0.15) is 12.5 Å². The van der Waals surface area contributed by atoms with Crippen LogP contribution in [0.2, 0.25) is 0 Å². The lowest BCUT2D eigenvalue weighted by Crippen LogP contribution is -2.33. The van der Waals surface area contributed by atoms with Crippen molar-refractivity contribution in [2.45, 2.75) is 13.1 Å². The molecule has 1 unspecified atom stereocenters. The highest BCUT2D eigenvalue weighted by Crippen LogP contribution is 2.29. The number of urea groups is 1. The number of rotatable bonds is 4. The van der Waals surface area contributed by atoms with Crippen molar-refractivity contribution in [3.8, 4) is 0 Å². The number of hydrogen-bond acceptors (Lipinski definition) is 2. The second-order valence-electron chi connectivity index (χ2n) is 4.20. The van der Waals surface area contributed by atoms with Gasteiger partial charge in [-0.05, 0) is 30.2 Å². The molecule has 7 heteroatoms. The summed E-state index contributed by atoms with van der Waals surface area (Å²) in [5.41, 5.74) is -0.505. The van der Waals surface area contributed by atoms with Crippen LogP contribution >= 0.6 is 0 Å². The van der Waals surface area contributed by atoms with Gasteiger partial charge in [-0.1, -0.05) is 6.92 Å². The topological polar surface area (TPSA) is 61.4 Å². The van der Waals surface area contributed by atoms with Crippen molar-refractivity contribution in [1.82, 2.24) is 5.32 Å². The average molecular weight is 276 g/mol. The normalized spacial score (nSPS) is 12.9. The second kappa shape index (κ2) is 6.42. The van der Waals surface area contributed by atoms with Gasteiger partial charge in [-0.3, -0.25) is 0 Å². The molecule has 0 bridgehead atoms. The summed E-state index contributed by atoms with van der Waals surface area (Å²) in [4.78, 5) is 11.4. The fourth-order valence-corrected chi connectivity index (χ4v) is 1.25. The standard InChI is InChI=1S/C12H15F3N2O2/c1-8(7-18)6-16-11(19)17-10-4-2-9(3-5-10)12(13,14)15/h2-5,8,18H,6-7H2,1H3,(H2,16,17,19). The minimum atomic E-state index is -4.39. The zero-order valence-corrected chi connectivity index (χ0v) is 10.3. The lowest BCUT2D eigenvalue weighted by molar-refractivity contribution is -0.137. The molecule has 0 radical (unpaired) electrons. The van der Waals surface area contributed by atoms with Crippen LogP contribution in [0.15, 0.2) is 24.3 Å². The van der Waals surface area contributed by atoms with Gasteiger partial charge in [0.05, 0.1) is 5.56 Å². The maximum atomic E-state index is 12.3. The van der Waals surface area contributed by atoms with Gasteiger partial charge in [-0.25, -0.2) is 4.79 Å². The quantitative estimate of drug-likeness (QED) is 0.791. The molecule has 1 aromatic rings. The van der Waals surface area contributed by atoms with E-state index >= 15 is 0 Å². The van der Waals surface area contributed by atoms with Gasteiger partial charge >= 0.3 is 12.2 Å². The smallest absolute Gasteiger partial charge is 0.396 e. The number of halogens is 3. The molecule has 106 valence electrons. The van der Waals surface area contributed by atoms with Crippen molar-refractivity contribution in [3.05, 3.63) is 29.8 Å². The molecule has 0 aromatic heterocycles. The van der Waals surface area contributed by atoms with Crippen molar-refractivity contribution < 1.29 is 23.1 Å². The highest BCUT2D eigenvalue weighted by Gasteiger charge is 2.29. The summed E-state index contributed by atoms with van der Waals surface area (Å²) in [7, 11) is 0. The van der Waals surface area contributed by atoms with E-state index in [0.717, 1.165) is 12.1 Å². The number of aliphatic hydroxyl groups is 1. The Morgan fingerprint density at radius 3 is 2.37 bits per heavy atom. The van der Waals surface area contributed by atoms with Gasteiger partial charge in [0.25, 0.3) is 0 Å². The van der Waals surface area contributed by atoms with Crippen LogP contribution in [0.3, 0.4) is 0 Å². The number of nitrogens with one attached hydrogen (secondary N) is 2. The number of hydrogen-bond donors (Lipinski definition) is 3. The van der Waals surface area contributed by atoms with Crippen molar-refractivity contribution in [2.24, 2.45) is 5.92 Å². The summed E-state index contributed by atoms with van der Waals surface area (Å²) in [5.74, 6) is -0.0849. The van der Waals surface area contributed by atoms with Crippen LogP contribution < -0.4 is 10.6 Å². The molecule has 0 heterocycles. The Hall–Kier alpha value is -1.76. The van der Waals surface area contributed by atoms with E-state index in [9.17, 15) is 18.0 Å². The molecule has 0 fully saturated rings. The first kappa shape index (κ1) is 15.3. The molecule has 0 saturated heterocycles. The molecule has 1 rings (SSSR count). The van der Waals surface area contributed by atoms with Gasteiger partial charge in [0.2, 0.25) is 0 Å². The fourth-order valence-electron chi connectivity index (χ4n) is 1.25. The number of carbonyl (C=O) groups is 1. The molecule has 3 N–H and O–H groups in total. The van der Waals surface area contributed by atoms with Crippen molar-refractivity contribution in [1.29, 1.82) is 0 Å². The minimum Gasteiger partial charge on any atom is -0.396 e. The number of carbonyl (C=O) groups excluding carboxylic acids is 1. The number of anilines is 1. The van der Waals surface area contributed by atoms with Crippen molar-refractivity contribution >= 4 is 11.7 Å². The summed E-state index contributed by atoms with van der Waals surface area (Å²) in [6.07, 6.45) is -4.39. The molecule has 19 heavy (non-hydrogen) atoms. The lowest BCUT2D eigenvalue weighted by Gasteiger charge is -2.11. The molecule has 1 aromatic carbocycles. The molecule has 0 aliphatic rings. The summed E-state index contributed by atoms with van der Waals surface area (Å²) >= 11 is 0. The predicted octanol–water partition coefficient (Wildman–Crippen LogP) is 2.46. The molecule has 0 aliphatic carbocycles. The molecule has 0 saturated carbocycles. The Morgan fingerprint density at radius 1 is 1.32 bits per heavy atom. The van der Waals surface area contributed by atoms with Gasteiger partial charge < -0.3 is 15.7 Å². The summed E-state index contributed by atoms with van der Waals surface area (Å²) in [5, 5.41) is 13.7. The highest BCUT2D eigenvalue weighted by molar-refractivity contribution is 5.89. The maximum Gasteiger partial charge on any atom is 0.416 e. The van der Waals surface area contributed by atoms with E-state index in [-0.39, 0.29) is 24.8 Å². The Morgan fingerprint density at radius 2 is 1.89 bits per heavy atom. The first-order valence-electron chi connectivity index (χ1n) is 5.66. The third kappa shape index (κ3) is 5.17. The Bertz CT molecular complexity index is 418. The van der Waals surface area contributed by atoms with E-state index in [1.807, 2.05) is 0 Å². The zero-order valence-electron chi connectivity index (χ0n) is 10.3. The number of aliphatic hydroxyl groups excluding tert-OH is 1. The number of alkyl halides is 3. The third-order valence-corrected chi connectivity index (χ3v) is 2.39. The van der Waals surface area contributed by atoms with Crippen LogP contribution in [0.5, 0.6) is 0 Å². The monoisotopic (exact) mass is 276 g/mol. The van der Waals surface area contributed by atoms with Crippen LogP contribution in [-0.4, -0.2) is 24.3 Å². The van der Waals surface area contributed by atoms with Gasteiger partial charge in [-0.15, -0.1) is 0 Å². The third-order valence-electron chi connectivity index (χ3n) is 2.39. The SMILES string of the molecule is CC(CO)CNC(=O)Nc1ccc(C(F)(F)F)cc1. The van der Waals surface area contributed by atoms with Gasteiger partial charge in [-0.2, -0.15) is 13.2 Å². The van der Waals surface area contributed by atoms with Crippen LogP contribution in [0.4, 0.5) is 23.7 Å². The lowest BCUT2D eigenvalue weighted by atomic mass is 10.2.